The number of para-hydroxylation sites is 2. The van der Waals surface area contributed by atoms with Gasteiger partial charge in [0.15, 0.2) is 5.75 Å². The molecule has 2 aromatic rings. The lowest BCUT2D eigenvalue weighted by atomic mass is 9.93. The molecular weight excluding hydrogens is 426 g/mol. The molecule has 0 saturated heterocycles. The molecule has 6 nitrogen and oxygen atoms in total. The van der Waals surface area contributed by atoms with Gasteiger partial charge in [-0.3, -0.25) is 0 Å². The van der Waals surface area contributed by atoms with Gasteiger partial charge in [0.1, 0.15) is 0 Å². The summed E-state index contributed by atoms with van der Waals surface area (Å²) in [4.78, 5) is 12.4. The second-order valence-corrected chi connectivity index (χ2v) is 9.98. The summed E-state index contributed by atoms with van der Waals surface area (Å²) in [5.41, 5.74) is 2.96. The van der Waals surface area contributed by atoms with Gasteiger partial charge in [-0.2, -0.15) is 8.42 Å². The van der Waals surface area contributed by atoms with Gasteiger partial charge in [0.2, 0.25) is 0 Å². The van der Waals surface area contributed by atoms with Crippen LogP contribution in [0.3, 0.4) is 0 Å². The van der Waals surface area contributed by atoms with Crippen molar-refractivity contribution in [2.24, 2.45) is 0 Å². The van der Waals surface area contributed by atoms with Crippen molar-refractivity contribution >= 4 is 22.1 Å². The first-order valence-corrected chi connectivity index (χ1v) is 12.6. The first-order valence-electron chi connectivity index (χ1n) is 11.3. The summed E-state index contributed by atoms with van der Waals surface area (Å²) in [6.45, 7) is 11.6. The van der Waals surface area contributed by atoms with Crippen LogP contribution in [0.2, 0.25) is 0 Å². The Morgan fingerprint density at radius 2 is 1.34 bits per heavy atom. The van der Waals surface area contributed by atoms with Crippen LogP contribution in [0.4, 0.5) is 10.5 Å². The highest BCUT2D eigenvalue weighted by Gasteiger charge is 2.36. The van der Waals surface area contributed by atoms with Crippen LogP contribution in [0.5, 0.6) is 5.75 Å². The van der Waals surface area contributed by atoms with E-state index in [1.807, 2.05) is 65.8 Å². The zero-order valence-electron chi connectivity index (χ0n) is 19.9. The van der Waals surface area contributed by atoms with Gasteiger partial charge in [-0.05, 0) is 46.9 Å². The van der Waals surface area contributed by atoms with Crippen molar-refractivity contribution in [2.45, 2.75) is 79.1 Å². The first kappa shape index (κ1) is 25.7. The molecule has 7 heteroatoms. The minimum absolute atomic E-state index is 0.0798. The zero-order chi connectivity index (χ0) is 24.1. The van der Waals surface area contributed by atoms with E-state index in [0.717, 1.165) is 24.0 Å². The quantitative estimate of drug-likeness (QED) is 0.428. The fourth-order valence-electron chi connectivity index (χ4n) is 3.87. The van der Waals surface area contributed by atoms with E-state index in [-0.39, 0.29) is 23.3 Å². The van der Waals surface area contributed by atoms with E-state index in [1.165, 1.54) is 0 Å². The molecule has 1 N–H and O–H groups in total. The topological polar surface area (TPSA) is 83.9 Å². The van der Waals surface area contributed by atoms with Crippen LogP contribution >= 0.6 is 0 Å². The number of hydrogen-bond acceptors (Lipinski definition) is 4. The van der Waals surface area contributed by atoms with Crippen molar-refractivity contribution in [3.8, 4) is 5.75 Å². The fourth-order valence-corrected chi connectivity index (χ4v) is 4.99. The van der Waals surface area contributed by atoms with E-state index in [1.54, 1.807) is 12.1 Å². The molecule has 0 saturated carbocycles. The molecule has 0 spiro atoms. The molecular formula is C25H35NO5S. The maximum Gasteiger partial charge on any atom is 0.428 e. The lowest BCUT2D eigenvalue weighted by molar-refractivity contribution is 0.205. The fraction of sp³-hybridized carbons (Fsp3) is 0.480. The molecule has 0 aliphatic rings. The van der Waals surface area contributed by atoms with E-state index < -0.39 is 16.4 Å². The predicted octanol–water partition coefficient (Wildman–Crippen LogP) is 6.65. The summed E-state index contributed by atoms with van der Waals surface area (Å²) < 4.78 is 33.1. The van der Waals surface area contributed by atoms with Gasteiger partial charge in [0, 0.05) is 0 Å². The predicted molar refractivity (Wildman–Crippen MR) is 129 cm³/mol. The molecule has 176 valence electrons. The van der Waals surface area contributed by atoms with E-state index in [9.17, 15) is 18.3 Å². The molecule has 0 fully saturated rings. The normalized spacial score (nSPS) is 11.8. The number of aryl methyl sites for hydroxylation is 2. The summed E-state index contributed by atoms with van der Waals surface area (Å²) in [6.07, 6.45) is 1.29. The third kappa shape index (κ3) is 5.63. The Hall–Kier alpha value is -2.54. The second-order valence-electron chi connectivity index (χ2n) is 8.59. The Morgan fingerprint density at radius 3 is 1.72 bits per heavy atom. The Balaban J connectivity index is 2.72. The van der Waals surface area contributed by atoms with Gasteiger partial charge in [-0.25, -0.2) is 4.79 Å². The summed E-state index contributed by atoms with van der Waals surface area (Å²) in [7, 11) is -4.69. The summed E-state index contributed by atoms with van der Waals surface area (Å²) in [5.74, 6) is 0.0862. The van der Waals surface area contributed by atoms with Crippen molar-refractivity contribution in [3.63, 3.8) is 0 Å². The monoisotopic (exact) mass is 461 g/mol. The van der Waals surface area contributed by atoms with Gasteiger partial charge in [-0.15, -0.1) is 4.31 Å². The van der Waals surface area contributed by atoms with Gasteiger partial charge >= 0.3 is 16.4 Å². The second kappa shape index (κ2) is 10.9. The molecule has 2 rings (SSSR count). The van der Waals surface area contributed by atoms with Crippen molar-refractivity contribution < 1.29 is 22.5 Å². The van der Waals surface area contributed by atoms with Gasteiger partial charge < -0.3 is 9.29 Å². The minimum Gasteiger partial charge on any atom is -0.464 e. The molecule has 0 aliphatic carbocycles. The van der Waals surface area contributed by atoms with Crippen LogP contribution in [0.25, 0.3) is 0 Å². The smallest absolute Gasteiger partial charge is 0.428 e. The SMILES string of the molecule is CCCc1cccc(CCC)c1OS(=O)(=O)N(C(=O)O)c1c(C(C)C)cccc1C(C)C. The average Bonchev–Trinajstić information content (AvgIpc) is 2.70. The number of anilines is 1. The van der Waals surface area contributed by atoms with Crippen molar-refractivity contribution in [1.82, 2.24) is 0 Å². The molecule has 0 bridgehead atoms. The molecule has 0 aromatic heterocycles. The van der Waals surface area contributed by atoms with E-state index in [2.05, 4.69) is 0 Å². The van der Waals surface area contributed by atoms with Crippen LogP contribution < -0.4 is 8.49 Å². The van der Waals surface area contributed by atoms with Crippen molar-refractivity contribution in [1.29, 1.82) is 0 Å². The first-order chi connectivity index (χ1) is 15.0. The maximum absolute atomic E-state index is 13.5. The van der Waals surface area contributed by atoms with E-state index in [0.29, 0.717) is 28.3 Å². The van der Waals surface area contributed by atoms with E-state index in [4.69, 9.17) is 4.18 Å². The Bertz CT molecular complexity index is 994. The summed E-state index contributed by atoms with van der Waals surface area (Å²) >= 11 is 0. The highest BCUT2D eigenvalue weighted by molar-refractivity contribution is 7.89. The van der Waals surface area contributed by atoms with Crippen LogP contribution in [-0.2, 0) is 23.1 Å². The number of hydrogen-bond donors (Lipinski definition) is 1. The third-order valence-corrected chi connectivity index (χ3v) is 6.51. The number of carbonyl (C=O) groups is 1. The van der Waals surface area contributed by atoms with Crippen molar-refractivity contribution in [3.05, 3.63) is 58.7 Å². The molecule has 0 radical (unpaired) electrons. The maximum atomic E-state index is 13.5. The van der Waals surface area contributed by atoms with Gasteiger partial charge in [0.25, 0.3) is 0 Å². The summed E-state index contributed by atoms with van der Waals surface area (Å²) in [6, 6.07) is 10.9. The van der Waals surface area contributed by atoms with Crippen LogP contribution in [0.15, 0.2) is 36.4 Å². The number of nitrogens with zero attached hydrogens (tertiary/aromatic N) is 1. The zero-order valence-corrected chi connectivity index (χ0v) is 20.7. The van der Waals surface area contributed by atoms with E-state index >= 15 is 0 Å². The standard InChI is InChI=1S/C25H35NO5S/c1-7-11-19-13-9-14-20(12-8-2)24(19)31-32(29,30)26(25(27)28)23-21(17(3)4)15-10-16-22(23)18(5)6/h9-10,13-18H,7-8,11-12H2,1-6H3,(H,27,28). The molecule has 0 unspecified atom stereocenters. The number of benzene rings is 2. The summed E-state index contributed by atoms with van der Waals surface area (Å²) in [5, 5.41) is 10.1. The van der Waals surface area contributed by atoms with Crippen LogP contribution in [0.1, 0.15) is 88.5 Å². The van der Waals surface area contributed by atoms with Gasteiger partial charge in [-0.1, -0.05) is 90.8 Å². The number of rotatable bonds is 10. The Kier molecular flexibility index (Phi) is 8.73. The lowest BCUT2D eigenvalue weighted by Crippen LogP contribution is -2.40. The van der Waals surface area contributed by atoms with Crippen LogP contribution in [-0.4, -0.2) is 19.6 Å². The molecule has 0 aliphatic heterocycles. The van der Waals surface area contributed by atoms with Gasteiger partial charge in [0.05, 0.1) is 5.69 Å². The molecule has 1 amide bonds. The van der Waals surface area contributed by atoms with Crippen LogP contribution in [0, 0.1) is 0 Å². The largest absolute Gasteiger partial charge is 0.464 e. The Labute approximate surface area is 192 Å². The average molecular weight is 462 g/mol. The molecule has 32 heavy (non-hydrogen) atoms. The highest BCUT2D eigenvalue weighted by atomic mass is 32.2. The van der Waals surface area contributed by atoms with Crippen molar-refractivity contribution in [2.75, 3.05) is 4.31 Å². The Morgan fingerprint density at radius 1 is 0.906 bits per heavy atom. The number of carboxylic acid groups (broad SMARTS) is 1. The molecule has 2 aromatic carbocycles. The lowest BCUT2D eigenvalue weighted by Gasteiger charge is -2.27. The third-order valence-electron chi connectivity index (χ3n) is 5.35. The minimum atomic E-state index is -4.69. The molecule has 0 heterocycles. The highest BCUT2D eigenvalue weighted by Crippen LogP contribution is 2.38. The molecule has 0 atom stereocenters. The number of amides is 1.